The zero-order valence-electron chi connectivity index (χ0n) is 24.2. The lowest BCUT2D eigenvalue weighted by Crippen LogP contribution is -2.76. The molecule has 3 heterocycles. The van der Waals surface area contributed by atoms with E-state index < -0.39 is 52.7 Å². The fourth-order valence-corrected chi connectivity index (χ4v) is 7.74. The number of hydrogen-bond donors (Lipinski definition) is 1. The lowest BCUT2D eigenvalue weighted by Gasteiger charge is -2.66. The molecule has 1 fully saturated rings. The van der Waals surface area contributed by atoms with Crippen LogP contribution in [0.5, 0.6) is 0 Å². The molecular formula is C33H35NO8. The normalized spacial score (nSPS) is 35.4. The number of cyclic esters (lactones) is 1. The second-order valence-corrected chi connectivity index (χ2v) is 12.3. The van der Waals surface area contributed by atoms with Gasteiger partial charge < -0.3 is 24.1 Å². The molecule has 9 heteroatoms. The van der Waals surface area contributed by atoms with Gasteiger partial charge in [-0.3, -0.25) is 4.98 Å². The number of aliphatic hydroxyl groups is 1. The summed E-state index contributed by atoms with van der Waals surface area (Å²) in [7, 11) is 0. The van der Waals surface area contributed by atoms with E-state index in [1.54, 1.807) is 55.6 Å². The number of ether oxygens (including phenoxy) is 4. The second-order valence-electron chi connectivity index (χ2n) is 12.3. The van der Waals surface area contributed by atoms with Gasteiger partial charge in [0.05, 0.1) is 16.5 Å². The summed E-state index contributed by atoms with van der Waals surface area (Å²) in [5.41, 5.74) is -1.19. The molecule has 1 aromatic heterocycles. The lowest BCUT2D eigenvalue weighted by atomic mass is 9.42. The van der Waals surface area contributed by atoms with Crippen LogP contribution >= 0.6 is 0 Å². The molecule has 6 rings (SSSR count). The van der Waals surface area contributed by atoms with Crippen LogP contribution in [-0.4, -0.2) is 58.5 Å². The Bertz CT molecular complexity index is 1490. The standard InChI is InChI=1S/C33H35NO8/c1-19-10-8-14-23-31(19,2)27(41-28(36)21-13-9-15-34-17-21)26(35)33(4,42-29(37)20-11-6-5-7-12-20)32(23,3)24-16-22-18-39-30(38)25(22)40-24/h5-7,9-13,15,17,23-24,26-27,35H,8,14,16,18H2,1-4H3/t23-,24+,26-,27-,31-,32-,33-/m0/s1. The van der Waals surface area contributed by atoms with E-state index in [0.717, 1.165) is 17.6 Å². The number of carbonyl (C=O) groups excluding carboxylic acids is 3. The Hall–Kier alpha value is -3.98. The highest BCUT2D eigenvalue weighted by molar-refractivity contribution is 5.91. The van der Waals surface area contributed by atoms with E-state index in [0.29, 0.717) is 18.4 Å². The molecule has 1 N–H and O–H groups in total. The molecular weight excluding hydrogens is 538 g/mol. The fraction of sp³-hybridized carbons (Fsp3) is 0.455. The van der Waals surface area contributed by atoms with Gasteiger partial charge in [-0.2, -0.15) is 0 Å². The molecule has 220 valence electrons. The van der Waals surface area contributed by atoms with Crippen LogP contribution < -0.4 is 0 Å². The molecule has 1 saturated carbocycles. The van der Waals surface area contributed by atoms with Crippen molar-refractivity contribution in [3.05, 3.63) is 89.0 Å². The Morgan fingerprint density at radius 3 is 2.48 bits per heavy atom. The van der Waals surface area contributed by atoms with E-state index in [9.17, 15) is 19.5 Å². The van der Waals surface area contributed by atoms with Gasteiger partial charge >= 0.3 is 17.9 Å². The molecule has 0 saturated heterocycles. The summed E-state index contributed by atoms with van der Waals surface area (Å²) < 4.78 is 24.1. The highest BCUT2D eigenvalue weighted by Crippen LogP contribution is 2.66. The SMILES string of the molecule is CC1=CCC[C@H]2[C@@]1(C)[C@@H](OC(=O)c1cccnc1)[C@H](O)[C@](C)(OC(=O)c1ccccc1)[C@]2(C)[C@H]1CC2=C(O1)C(=O)OC2. The molecule has 0 unspecified atom stereocenters. The van der Waals surface area contributed by atoms with Crippen LogP contribution in [0.4, 0.5) is 0 Å². The summed E-state index contributed by atoms with van der Waals surface area (Å²) in [6.07, 6.45) is 3.74. The summed E-state index contributed by atoms with van der Waals surface area (Å²) in [5, 5.41) is 12.4. The number of aliphatic hydroxyl groups excluding tert-OH is 1. The highest BCUT2D eigenvalue weighted by Gasteiger charge is 2.74. The first-order valence-electron chi connectivity index (χ1n) is 14.3. The van der Waals surface area contributed by atoms with E-state index >= 15 is 0 Å². The van der Waals surface area contributed by atoms with Gasteiger partial charge in [-0.05, 0) is 56.9 Å². The second kappa shape index (κ2) is 10.1. The number of pyridine rings is 1. The Balaban J connectivity index is 1.48. The first kappa shape index (κ1) is 28.2. The third kappa shape index (κ3) is 4.01. The average Bonchev–Trinajstić information content (AvgIpc) is 3.58. The van der Waals surface area contributed by atoms with Crippen molar-refractivity contribution >= 4 is 17.9 Å². The molecule has 4 aliphatic rings. The maximum atomic E-state index is 13.7. The van der Waals surface area contributed by atoms with Crippen molar-refractivity contribution in [1.29, 1.82) is 0 Å². The zero-order valence-corrected chi connectivity index (χ0v) is 24.2. The minimum Gasteiger partial charge on any atom is -0.482 e. The Morgan fingerprint density at radius 1 is 1.05 bits per heavy atom. The quantitative estimate of drug-likeness (QED) is 0.312. The van der Waals surface area contributed by atoms with Gasteiger partial charge in [0.1, 0.15) is 30.5 Å². The van der Waals surface area contributed by atoms with Crippen LogP contribution in [0.1, 0.15) is 67.7 Å². The number of benzene rings is 1. The summed E-state index contributed by atoms with van der Waals surface area (Å²) in [6.45, 7) is 7.79. The minimum absolute atomic E-state index is 0.149. The van der Waals surface area contributed by atoms with Gasteiger partial charge in [0.2, 0.25) is 5.76 Å². The van der Waals surface area contributed by atoms with Crippen molar-refractivity contribution in [3.63, 3.8) is 0 Å². The maximum Gasteiger partial charge on any atom is 0.374 e. The Morgan fingerprint density at radius 2 is 1.79 bits per heavy atom. The average molecular weight is 574 g/mol. The van der Waals surface area contributed by atoms with E-state index in [1.807, 2.05) is 20.8 Å². The predicted molar refractivity (Wildman–Crippen MR) is 150 cm³/mol. The largest absolute Gasteiger partial charge is 0.482 e. The predicted octanol–water partition coefficient (Wildman–Crippen LogP) is 4.57. The molecule has 2 aromatic rings. The van der Waals surface area contributed by atoms with E-state index in [-0.39, 0.29) is 23.8 Å². The summed E-state index contributed by atoms with van der Waals surface area (Å²) in [6, 6.07) is 11.8. The van der Waals surface area contributed by atoms with Crippen molar-refractivity contribution in [1.82, 2.24) is 4.98 Å². The minimum atomic E-state index is -1.60. The monoisotopic (exact) mass is 573 g/mol. The van der Waals surface area contributed by atoms with Crippen molar-refractivity contribution in [2.75, 3.05) is 6.61 Å². The lowest BCUT2D eigenvalue weighted by molar-refractivity contribution is -0.287. The van der Waals surface area contributed by atoms with Crippen LogP contribution in [0, 0.1) is 16.7 Å². The van der Waals surface area contributed by atoms with Crippen molar-refractivity contribution < 1.29 is 38.4 Å². The summed E-state index contributed by atoms with van der Waals surface area (Å²) in [5.74, 6) is -1.85. The molecule has 2 aliphatic carbocycles. The van der Waals surface area contributed by atoms with Gasteiger partial charge in [-0.25, -0.2) is 14.4 Å². The van der Waals surface area contributed by atoms with Gasteiger partial charge in [0.15, 0.2) is 0 Å². The first-order valence-corrected chi connectivity index (χ1v) is 14.3. The Kier molecular flexibility index (Phi) is 6.76. The van der Waals surface area contributed by atoms with Gasteiger partial charge in [0, 0.05) is 29.8 Å². The van der Waals surface area contributed by atoms with Crippen molar-refractivity contribution in [3.8, 4) is 0 Å². The van der Waals surface area contributed by atoms with E-state index in [2.05, 4.69) is 11.1 Å². The number of aromatic nitrogens is 1. The molecule has 1 aromatic carbocycles. The van der Waals surface area contributed by atoms with E-state index in [1.165, 1.54) is 6.20 Å². The summed E-state index contributed by atoms with van der Waals surface area (Å²) >= 11 is 0. The number of hydrogen-bond acceptors (Lipinski definition) is 9. The Labute approximate surface area is 244 Å². The van der Waals surface area contributed by atoms with Gasteiger partial charge in [0.25, 0.3) is 0 Å². The van der Waals surface area contributed by atoms with Crippen LogP contribution in [0.25, 0.3) is 0 Å². The van der Waals surface area contributed by atoms with Crippen LogP contribution in [0.3, 0.4) is 0 Å². The third-order valence-corrected chi connectivity index (χ3v) is 10.4. The molecule has 42 heavy (non-hydrogen) atoms. The zero-order chi connectivity index (χ0) is 29.9. The number of esters is 3. The number of nitrogens with zero attached hydrogens (tertiary/aromatic N) is 1. The molecule has 0 radical (unpaired) electrons. The van der Waals surface area contributed by atoms with E-state index in [4.69, 9.17) is 18.9 Å². The fourth-order valence-electron chi connectivity index (χ4n) is 7.74. The number of carbonyl (C=O) groups is 3. The van der Waals surface area contributed by atoms with Crippen molar-refractivity contribution in [2.45, 2.75) is 70.9 Å². The molecule has 0 amide bonds. The topological polar surface area (TPSA) is 121 Å². The van der Waals surface area contributed by atoms with Gasteiger partial charge in [-0.1, -0.05) is 43.7 Å². The number of rotatable bonds is 5. The maximum absolute atomic E-state index is 13.7. The molecule has 9 nitrogen and oxygen atoms in total. The van der Waals surface area contributed by atoms with Crippen LogP contribution in [0.2, 0.25) is 0 Å². The highest BCUT2D eigenvalue weighted by atomic mass is 16.6. The first-order chi connectivity index (χ1) is 20.0. The third-order valence-electron chi connectivity index (χ3n) is 10.4. The molecule has 0 spiro atoms. The van der Waals surface area contributed by atoms with Crippen molar-refractivity contribution in [2.24, 2.45) is 16.7 Å². The molecule has 7 atom stereocenters. The number of allylic oxidation sites excluding steroid dienone is 1. The summed E-state index contributed by atoms with van der Waals surface area (Å²) in [4.78, 5) is 43.6. The molecule has 0 bridgehead atoms. The van der Waals surface area contributed by atoms with Gasteiger partial charge in [-0.15, -0.1) is 0 Å². The van der Waals surface area contributed by atoms with Crippen LogP contribution in [-0.2, 0) is 23.7 Å². The number of fused-ring (bicyclic) bond motifs is 1. The molecule has 2 aliphatic heterocycles. The van der Waals surface area contributed by atoms with Crippen LogP contribution in [0.15, 0.2) is 77.8 Å². The smallest absolute Gasteiger partial charge is 0.374 e.